The van der Waals surface area contributed by atoms with Crippen LogP contribution in [-0.2, 0) is 0 Å². The molecule has 2 unspecified atom stereocenters. The lowest BCUT2D eigenvalue weighted by Crippen LogP contribution is -2.34. The van der Waals surface area contributed by atoms with Crippen molar-refractivity contribution in [3.63, 3.8) is 0 Å². The molecule has 2 N–H and O–H groups in total. The zero-order chi connectivity index (χ0) is 16.2. The predicted molar refractivity (Wildman–Crippen MR) is 98.9 cm³/mol. The van der Waals surface area contributed by atoms with Gasteiger partial charge in [0.25, 0.3) is 5.91 Å². The van der Waals surface area contributed by atoms with Crippen LogP contribution in [0.3, 0.4) is 0 Å². The highest BCUT2D eigenvalue weighted by atomic mass is 35.5. The van der Waals surface area contributed by atoms with E-state index >= 15 is 0 Å². The average molecular weight is 353 g/mol. The second-order valence-corrected chi connectivity index (χ2v) is 7.05. The molecule has 1 aromatic carbocycles. The summed E-state index contributed by atoms with van der Waals surface area (Å²) in [6.07, 6.45) is 7.48. The van der Waals surface area contributed by atoms with E-state index in [1.165, 1.54) is 19.3 Å². The molecule has 24 heavy (non-hydrogen) atoms. The molecule has 2 fully saturated rings. The maximum atomic E-state index is 12.7. The van der Waals surface area contributed by atoms with Crippen molar-refractivity contribution in [3.05, 3.63) is 29.8 Å². The van der Waals surface area contributed by atoms with Crippen molar-refractivity contribution in [2.24, 2.45) is 11.7 Å². The molecule has 5 heteroatoms. The van der Waals surface area contributed by atoms with Gasteiger partial charge in [0.1, 0.15) is 5.75 Å². The molecule has 3 rings (SSSR count). The van der Waals surface area contributed by atoms with Crippen molar-refractivity contribution in [1.82, 2.24) is 4.90 Å². The van der Waals surface area contributed by atoms with Crippen molar-refractivity contribution < 1.29 is 9.53 Å². The van der Waals surface area contributed by atoms with Crippen LogP contribution >= 0.6 is 12.4 Å². The number of rotatable bonds is 4. The predicted octanol–water partition coefficient (Wildman–Crippen LogP) is 3.63. The third kappa shape index (κ3) is 4.42. The van der Waals surface area contributed by atoms with Gasteiger partial charge >= 0.3 is 0 Å². The lowest BCUT2D eigenvalue weighted by molar-refractivity contribution is 0.0743. The molecule has 4 nitrogen and oxygen atoms in total. The van der Waals surface area contributed by atoms with Crippen molar-refractivity contribution in [3.8, 4) is 5.75 Å². The Bertz CT molecular complexity index is 529. The van der Waals surface area contributed by atoms with Crippen LogP contribution in [0.4, 0.5) is 0 Å². The number of nitrogens with zero attached hydrogens (tertiary/aromatic N) is 1. The minimum absolute atomic E-state index is 0. The summed E-state index contributed by atoms with van der Waals surface area (Å²) in [6, 6.07) is 7.92. The van der Waals surface area contributed by atoms with Crippen molar-refractivity contribution in [2.45, 2.75) is 57.6 Å². The van der Waals surface area contributed by atoms with Gasteiger partial charge in [-0.25, -0.2) is 0 Å². The summed E-state index contributed by atoms with van der Waals surface area (Å²) < 4.78 is 6.03. The van der Waals surface area contributed by atoms with Crippen molar-refractivity contribution in [2.75, 3.05) is 13.1 Å². The number of hydrogen-bond donors (Lipinski definition) is 1. The maximum absolute atomic E-state index is 12.7. The Kier molecular flexibility index (Phi) is 6.93. The fourth-order valence-corrected chi connectivity index (χ4v) is 3.81. The van der Waals surface area contributed by atoms with E-state index in [1.54, 1.807) is 0 Å². The molecular formula is C19H29ClN2O2. The molecule has 1 amide bonds. The highest BCUT2D eigenvalue weighted by Crippen LogP contribution is 2.26. The van der Waals surface area contributed by atoms with Gasteiger partial charge < -0.3 is 15.4 Å². The molecule has 1 saturated carbocycles. The lowest BCUT2D eigenvalue weighted by Gasteiger charge is -2.24. The molecular weight excluding hydrogens is 324 g/mol. The van der Waals surface area contributed by atoms with Gasteiger partial charge in [0.05, 0.1) is 6.10 Å². The maximum Gasteiger partial charge on any atom is 0.254 e. The summed E-state index contributed by atoms with van der Waals surface area (Å²) in [5.41, 5.74) is 6.49. The molecule has 0 bridgehead atoms. The Morgan fingerprint density at radius 2 is 1.88 bits per heavy atom. The number of benzene rings is 1. The van der Waals surface area contributed by atoms with Crippen LogP contribution < -0.4 is 10.5 Å². The Morgan fingerprint density at radius 3 is 2.46 bits per heavy atom. The monoisotopic (exact) mass is 352 g/mol. The molecule has 1 aromatic rings. The Hall–Kier alpha value is -1.26. The fourth-order valence-electron chi connectivity index (χ4n) is 3.81. The molecule has 0 aromatic heterocycles. The number of hydrogen-bond acceptors (Lipinski definition) is 3. The topological polar surface area (TPSA) is 55.6 Å². The minimum atomic E-state index is 0. The highest BCUT2D eigenvalue weighted by Gasteiger charge is 2.32. The number of amides is 1. The summed E-state index contributed by atoms with van der Waals surface area (Å²) in [7, 11) is 0. The van der Waals surface area contributed by atoms with Gasteiger partial charge in [0.2, 0.25) is 0 Å². The molecule has 1 heterocycles. The van der Waals surface area contributed by atoms with Gasteiger partial charge in [-0.05, 0) is 75.8 Å². The molecule has 0 radical (unpaired) electrons. The lowest BCUT2D eigenvalue weighted by atomic mass is 9.98. The van der Waals surface area contributed by atoms with Gasteiger partial charge in [-0.1, -0.05) is 6.42 Å². The van der Waals surface area contributed by atoms with Gasteiger partial charge in [-0.2, -0.15) is 0 Å². The van der Waals surface area contributed by atoms with Crippen LogP contribution in [0.15, 0.2) is 24.3 Å². The van der Waals surface area contributed by atoms with Crippen LogP contribution in [0.25, 0.3) is 0 Å². The third-order valence-electron chi connectivity index (χ3n) is 5.21. The van der Waals surface area contributed by atoms with Crippen molar-refractivity contribution in [1.29, 1.82) is 0 Å². The first kappa shape index (κ1) is 19.1. The largest absolute Gasteiger partial charge is 0.490 e. The highest BCUT2D eigenvalue weighted by molar-refractivity contribution is 5.94. The number of carbonyl (C=O) groups is 1. The summed E-state index contributed by atoms with van der Waals surface area (Å²) in [4.78, 5) is 14.6. The molecule has 1 aliphatic carbocycles. The van der Waals surface area contributed by atoms with Gasteiger partial charge in [0.15, 0.2) is 0 Å². The number of carbonyl (C=O) groups excluding carboxylic acids is 1. The molecule has 1 saturated heterocycles. The Labute approximate surface area is 151 Å². The first-order valence-corrected chi connectivity index (χ1v) is 8.95. The summed E-state index contributed by atoms with van der Waals surface area (Å²) in [5.74, 6) is 1.42. The van der Waals surface area contributed by atoms with E-state index in [1.807, 2.05) is 29.2 Å². The van der Waals surface area contributed by atoms with Crippen LogP contribution in [0.5, 0.6) is 5.75 Å². The first-order chi connectivity index (χ1) is 11.2. The summed E-state index contributed by atoms with van der Waals surface area (Å²) in [5, 5.41) is 0. The Balaban J connectivity index is 0.00000208. The second-order valence-electron chi connectivity index (χ2n) is 7.05. The van der Waals surface area contributed by atoms with Gasteiger partial charge in [0, 0.05) is 18.2 Å². The normalized spacial score (nSPS) is 24.5. The fraction of sp³-hybridized carbons (Fsp3) is 0.632. The first-order valence-electron chi connectivity index (χ1n) is 8.95. The smallest absolute Gasteiger partial charge is 0.254 e. The average Bonchev–Trinajstić information content (AvgIpc) is 2.97. The zero-order valence-corrected chi connectivity index (χ0v) is 15.3. The van der Waals surface area contributed by atoms with E-state index in [4.69, 9.17) is 10.5 Å². The number of likely N-dealkylation sites (tertiary alicyclic amines) is 1. The van der Waals surface area contributed by atoms with Crippen LogP contribution in [-0.4, -0.2) is 36.0 Å². The van der Waals surface area contributed by atoms with Crippen LogP contribution in [0, 0.1) is 5.92 Å². The number of nitrogens with two attached hydrogens (primary N) is 1. The third-order valence-corrected chi connectivity index (χ3v) is 5.21. The second kappa shape index (κ2) is 8.72. The molecule has 0 spiro atoms. The number of halogens is 1. The summed E-state index contributed by atoms with van der Waals surface area (Å²) in [6.45, 7) is 3.53. The van der Waals surface area contributed by atoms with Gasteiger partial charge in [-0.15, -0.1) is 12.4 Å². The molecule has 2 aliphatic rings. The van der Waals surface area contributed by atoms with E-state index in [9.17, 15) is 4.79 Å². The molecule has 134 valence electrons. The van der Waals surface area contributed by atoms with E-state index in [2.05, 4.69) is 6.92 Å². The summed E-state index contributed by atoms with van der Waals surface area (Å²) >= 11 is 0. The molecule has 2 atom stereocenters. The Morgan fingerprint density at radius 1 is 1.21 bits per heavy atom. The minimum Gasteiger partial charge on any atom is -0.490 e. The zero-order valence-electron chi connectivity index (χ0n) is 14.4. The van der Waals surface area contributed by atoms with Crippen molar-refractivity contribution >= 4 is 18.3 Å². The van der Waals surface area contributed by atoms with E-state index < -0.39 is 0 Å². The number of ether oxygens (including phenoxy) is 1. The van der Waals surface area contributed by atoms with Gasteiger partial charge in [-0.3, -0.25) is 4.79 Å². The van der Waals surface area contributed by atoms with Crippen LogP contribution in [0.2, 0.25) is 0 Å². The molecule has 1 aliphatic heterocycles. The van der Waals surface area contributed by atoms with Crippen LogP contribution in [0.1, 0.15) is 55.8 Å². The van der Waals surface area contributed by atoms with E-state index in [-0.39, 0.29) is 24.4 Å². The van der Waals surface area contributed by atoms with E-state index in [0.717, 1.165) is 37.1 Å². The quantitative estimate of drug-likeness (QED) is 0.900. The SMILES string of the molecule is CC1CC(CN)CN1C(=O)c1ccc(OC2CCCCC2)cc1.Cl. The standard InChI is InChI=1S/C19H28N2O2.ClH/c1-14-11-15(12-20)13-21(14)19(22)16-7-9-18(10-8-16)23-17-5-3-2-4-6-17;/h7-10,14-15,17H,2-6,11-13,20H2,1H3;1H. The van der Waals surface area contributed by atoms with E-state index in [0.29, 0.717) is 18.6 Å².